The van der Waals surface area contributed by atoms with Crippen molar-refractivity contribution in [2.24, 2.45) is 21.7 Å². The van der Waals surface area contributed by atoms with Crippen molar-refractivity contribution >= 4 is 11.7 Å². The number of hydrogen-bond acceptors (Lipinski definition) is 5. The molecule has 0 aliphatic carbocycles. The van der Waals surface area contributed by atoms with Crippen LogP contribution in [0.3, 0.4) is 0 Å². The fraction of sp³-hybridized carbons (Fsp3) is 0.100. The van der Waals surface area contributed by atoms with Crippen LogP contribution in [0.5, 0.6) is 0 Å². The SMILES string of the molecule is CC(=NN=C(N)N)c1ccc(-n2cnnn2)cc1. The van der Waals surface area contributed by atoms with E-state index in [4.69, 9.17) is 11.5 Å². The first kappa shape index (κ1) is 11.7. The van der Waals surface area contributed by atoms with Crippen molar-refractivity contribution in [3.8, 4) is 5.69 Å². The zero-order chi connectivity index (χ0) is 13.0. The van der Waals surface area contributed by atoms with Crippen molar-refractivity contribution in [3.63, 3.8) is 0 Å². The Kier molecular flexibility index (Phi) is 3.28. The molecule has 0 radical (unpaired) electrons. The summed E-state index contributed by atoms with van der Waals surface area (Å²) in [5.74, 6) is -0.0698. The number of nitrogens with zero attached hydrogens (tertiary/aromatic N) is 6. The van der Waals surface area contributed by atoms with Crippen molar-refractivity contribution in [1.29, 1.82) is 0 Å². The van der Waals surface area contributed by atoms with Crippen molar-refractivity contribution in [2.75, 3.05) is 0 Å². The van der Waals surface area contributed by atoms with Crippen LogP contribution in [0.15, 0.2) is 40.8 Å². The molecule has 0 fully saturated rings. The van der Waals surface area contributed by atoms with Gasteiger partial charge < -0.3 is 11.5 Å². The molecule has 4 N–H and O–H groups in total. The smallest absolute Gasteiger partial charge is 0.211 e. The summed E-state index contributed by atoms with van der Waals surface area (Å²) < 4.78 is 1.56. The third-order valence-corrected chi connectivity index (χ3v) is 2.21. The molecular weight excluding hydrogens is 232 g/mol. The molecule has 8 nitrogen and oxygen atoms in total. The second-order valence-electron chi connectivity index (χ2n) is 3.51. The van der Waals surface area contributed by atoms with Gasteiger partial charge in [-0.15, -0.1) is 10.2 Å². The maximum atomic E-state index is 5.20. The molecule has 0 saturated heterocycles. The van der Waals surface area contributed by atoms with Crippen molar-refractivity contribution in [2.45, 2.75) is 6.92 Å². The zero-order valence-electron chi connectivity index (χ0n) is 9.72. The molecule has 0 saturated carbocycles. The fourth-order valence-corrected chi connectivity index (χ4v) is 1.33. The predicted octanol–water partition coefficient (Wildman–Crippen LogP) is -0.340. The van der Waals surface area contributed by atoms with Crippen LogP contribution >= 0.6 is 0 Å². The van der Waals surface area contributed by atoms with Gasteiger partial charge >= 0.3 is 0 Å². The summed E-state index contributed by atoms with van der Waals surface area (Å²) in [6.07, 6.45) is 1.52. The summed E-state index contributed by atoms with van der Waals surface area (Å²) >= 11 is 0. The molecule has 0 aliphatic heterocycles. The number of benzene rings is 1. The lowest BCUT2D eigenvalue weighted by Crippen LogP contribution is -2.22. The highest BCUT2D eigenvalue weighted by molar-refractivity contribution is 5.99. The minimum atomic E-state index is -0.0698. The molecule has 18 heavy (non-hydrogen) atoms. The second-order valence-corrected chi connectivity index (χ2v) is 3.51. The number of guanidine groups is 1. The molecule has 0 atom stereocenters. The molecule has 0 bridgehead atoms. The number of tetrazole rings is 1. The number of hydrogen-bond donors (Lipinski definition) is 2. The Bertz CT molecular complexity index is 562. The monoisotopic (exact) mass is 244 g/mol. The van der Waals surface area contributed by atoms with Crippen LogP contribution in [0.4, 0.5) is 0 Å². The maximum absolute atomic E-state index is 5.20. The van der Waals surface area contributed by atoms with Gasteiger partial charge in [0.15, 0.2) is 0 Å². The standard InChI is InChI=1S/C10H12N8/c1-7(14-15-10(11)12)8-2-4-9(5-3-8)18-6-13-16-17-18/h2-6H,1H3,(H4,11,12,15). The molecular formula is C10H12N8. The van der Waals surface area contributed by atoms with Crippen LogP contribution in [0.1, 0.15) is 12.5 Å². The minimum Gasteiger partial charge on any atom is -0.369 e. The van der Waals surface area contributed by atoms with E-state index < -0.39 is 0 Å². The second kappa shape index (κ2) is 5.04. The lowest BCUT2D eigenvalue weighted by molar-refractivity contribution is 0.789. The molecule has 0 amide bonds. The van der Waals surface area contributed by atoms with Crippen molar-refractivity contribution in [3.05, 3.63) is 36.2 Å². The lowest BCUT2D eigenvalue weighted by Gasteiger charge is -2.02. The Balaban J connectivity index is 2.23. The van der Waals surface area contributed by atoms with Gasteiger partial charge in [-0.05, 0) is 35.0 Å². The zero-order valence-corrected chi connectivity index (χ0v) is 9.72. The van der Waals surface area contributed by atoms with Gasteiger partial charge in [0.05, 0.1) is 11.4 Å². The van der Waals surface area contributed by atoms with Crippen molar-refractivity contribution in [1.82, 2.24) is 20.2 Å². The summed E-state index contributed by atoms with van der Waals surface area (Å²) in [4.78, 5) is 0. The molecule has 92 valence electrons. The van der Waals surface area contributed by atoms with E-state index in [1.807, 2.05) is 31.2 Å². The Hall–Kier alpha value is -2.77. The van der Waals surface area contributed by atoms with E-state index in [1.165, 1.54) is 6.33 Å². The Morgan fingerprint density at radius 3 is 2.44 bits per heavy atom. The van der Waals surface area contributed by atoms with Crippen LogP contribution in [0, 0.1) is 0 Å². The Morgan fingerprint density at radius 1 is 1.17 bits per heavy atom. The van der Waals surface area contributed by atoms with E-state index in [0.29, 0.717) is 5.71 Å². The number of aromatic nitrogens is 4. The number of rotatable bonds is 3. The van der Waals surface area contributed by atoms with E-state index in [0.717, 1.165) is 11.3 Å². The highest BCUT2D eigenvalue weighted by atomic mass is 15.5. The van der Waals surface area contributed by atoms with Gasteiger partial charge in [-0.1, -0.05) is 12.1 Å². The van der Waals surface area contributed by atoms with Crippen molar-refractivity contribution < 1.29 is 0 Å². The molecule has 1 aromatic carbocycles. The number of nitrogens with two attached hydrogens (primary N) is 2. The topological polar surface area (TPSA) is 120 Å². The van der Waals surface area contributed by atoms with Crippen LogP contribution in [-0.2, 0) is 0 Å². The average molecular weight is 244 g/mol. The van der Waals surface area contributed by atoms with E-state index in [2.05, 4.69) is 25.7 Å². The normalized spacial score (nSPS) is 11.3. The average Bonchev–Trinajstić information content (AvgIpc) is 2.90. The van der Waals surface area contributed by atoms with E-state index in [1.54, 1.807) is 4.68 Å². The Labute approximate surface area is 103 Å². The highest BCUT2D eigenvalue weighted by Crippen LogP contribution is 2.08. The third-order valence-electron chi connectivity index (χ3n) is 2.21. The summed E-state index contributed by atoms with van der Waals surface area (Å²) in [5, 5.41) is 18.4. The first-order valence-electron chi connectivity index (χ1n) is 5.14. The van der Waals surface area contributed by atoms with Gasteiger partial charge in [0, 0.05) is 0 Å². The maximum Gasteiger partial charge on any atom is 0.211 e. The molecule has 1 aromatic heterocycles. The van der Waals surface area contributed by atoms with Gasteiger partial charge in [-0.25, -0.2) is 4.68 Å². The highest BCUT2D eigenvalue weighted by Gasteiger charge is 2.00. The van der Waals surface area contributed by atoms with Gasteiger partial charge in [0.2, 0.25) is 5.96 Å². The van der Waals surface area contributed by atoms with Gasteiger partial charge in [-0.3, -0.25) is 0 Å². The predicted molar refractivity (Wildman–Crippen MR) is 67.2 cm³/mol. The molecule has 1 heterocycles. The first-order chi connectivity index (χ1) is 8.66. The molecule has 0 unspecified atom stereocenters. The van der Waals surface area contributed by atoms with Crippen LogP contribution in [-0.4, -0.2) is 31.9 Å². The molecule has 8 heteroatoms. The molecule has 0 aliphatic rings. The van der Waals surface area contributed by atoms with Gasteiger partial charge in [0.1, 0.15) is 6.33 Å². The summed E-state index contributed by atoms with van der Waals surface area (Å²) in [7, 11) is 0. The third kappa shape index (κ3) is 2.67. The van der Waals surface area contributed by atoms with E-state index >= 15 is 0 Å². The van der Waals surface area contributed by atoms with E-state index in [9.17, 15) is 0 Å². The largest absolute Gasteiger partial charge is 0.369 e. The lowest BCUT2D eigenvalue weighted by atomic mass is 10.1. The van der Waals surface area contributed by atoms with Crippen LogP contribution < -0.4 is 11.5 Å². The summed E-state index contributed by atoms with van der Waals surface area (Å²) in [6.45, 7) is 1.82. The van der Waals surface area contributed by atoms with Gasteiger partial charge in [-0.2, -0.15) is 5.10 Å². The van der Waals surface area contributed by atoms with Crippen LogP contribution in [0.25, 0.3) is 5.69 Å². The molecule has 2 rings (SSSR count). The van der Waals surface area contributed by atoms with Crippen LogP contribution in [0.2, 0.25) is 0 Å². The summed E-state index contributed by atoms with van der Waals surface area (Å²) in [6, 6.07) is 7.52. The molecule has 0 spiro atoms. The molecule has 2 aromatic rings. The summed E-state index contributed by atoms with van der Waals surface area (Å²) in [5.41, 5.74) is 12.9. The fourth-order valence-electron chi connectivity index (χ4n) is 1.33. The first-order valence-corrected chi connectivity index (χ1v) is 5.14. The minimum absolute atomic E-state index is 0.0698. The quantitative estimate of drug-likeness (QED) is 0.434. The Morgan fingerprint density at radius 2 is 1.89 bits per heavy atom. The van der Waals surface area contributed by atoms with Gasteiger partial charge in [0.25, 0.3) is 0 Å². The van der Waals surface area contributed by atoms with E-state index in [-0.39, 0.29) is 5.96 Å².